The summed E-state index contributed by atoms with van der Waals surface area (Å²) in [5.41, 5.74) is 3.66. The third-order valence-electron chi connectivity index (χ3n) is 2.48. The van der Waals surface area contributed by atoms with Gasteiger partial charge in [-0.05, 0) is 22.8 Å². The number of nitrogens with one attached hydrogen (secondary N) is 1. The summed E-state index contributed by atoms with van der Waals surface area (Å²) in [5, 5.41) is 7.24. The van der Waals surface area contributed by atoms with Crippen LogP contribution in [0.25, 0.3) is 11.6 Å². The summed E-state index contributed by atoms with van der Waals surface area (Å²) in [6.07, 6.45) is 2.97. The quantitative estimate of drug-likeness (QED) is 0.791. The van der Waals surface area contributed by atoms with Gasteiger partial charge in [-0.15, -0.1) is 0 Å². The molecular weight excluding hydrogens is 208 g/mol. The van der Waals surface area contributed by atoms with Crippen molar-refractivity contribution in [2.45, 2.75) is 6.42 Å². The van der Waals surface area contributed by atoms with Gasteiger partial charge in [-0.25, -0.2) is 5.10 Å². The van der Waals surface area contributed by atoms with Crippen LogP contribution in [0.3, 0.4) is 0 Å². The fraction of sp³-hybridized carbons (Fsp3) is 0.0909. The van der Waals surface area contributed by atoms with E-state index < -0.39 is 0 Å². The summed E-state index contributed by atoms with van der Waals surface area (Å²) in [6, 6.07) is 8.24. The van der Waals surface area contributed by atoms with Crippen LogP contribution in [0.2, 0.25) is 0 Å². The third kappa shape index (κ3) is 1.43. The van der Waals surface area contributed by atoms with Crippen molar-refractivity contribution in [3.63, 3.8) is 0 Å². The van der Waals surface area contributed by atoms with Crippen LogP contribution in [0.5, 0.6) is 0 Å². The van der Waals surface area contributed by atoms with E-state index in [9.17, 15) is 4.79 Å². The third-order valence-corrected chi connectivity index (χ3v) is 3.30. The molecule has 0 unspecified atom stereocenters. The van der Waals surface area contributed by atoms with E-state index in [0.29, 0.717) is 0 Å². The normalized spacial score (nSPS) is 13.7. The van der Waals surface area contributed by atoms with Gasteiger partial charge in [-0.1, -0.05) is 35.6 Å². The average Bonchev–Trinajstić information content (AvgIpc) is 2.82. The molecule has 0 fully saturated rings. The summed E-state index contributed by atoms with van der Waals surface area (Å²) >= 11 is 1.17. The van der Waals surface area contributed by atoms with Gasteiger partial charge in [0.05, 0.1) is 0 Å². The van der Waals surface area contributed by atoms with Crippen LogP contribution in [-0.2, 0) is 6.42 Å². The lowest BCUT2D eigenvalue weighted by Crippen LogP contribution is -1.90. The summed E-state index contributed by atoms with van der Waals surface area (Å²) in [5.74, 6) is 0. The zero-order chi connectivity index (χ0) is 10.3. The molecule has 4 heteroatoms. The number of fused-ring (bicyclic) bond motifs is 1. The minimum absolute atomic E-state index is 0.0955. The maximum Gasteiger partial charge on any atom is 0.322 e. The summed E-state index contributed by atoms with van der Waals surface area (Å²) in [6.45, 7) is 0. The largest absolute Gasteiger partial charge is 0.322 e. The van der Waals surface area contributed by atoms with Crippen molar-refractivity contribution < 1.29 is 0 Å². The molecule has 1 aliphatic carbocycles. The molecule has 3 rings (SSSR count). The van der Waals surface area contributed by atoms with Crippen LogP contribution < -0.4 is 4.87 Å². The standard InChI is InChI=1S/C11H8N2OS/c14-11-13-12-10(15-11)9-5-7-3-1-2-4-8(7)6-9/h1-5H,6H2,(H,13,14). The van der Waals surface area contributed by atoms with Crippen LogP contribution in [0.1, 0.15) is 16.1 Å². The Morgan fingerprint density at radius 1 is 1.33 bits per heavy atom. The molecule has 74 valence electrons. The summed E-state index contributed by atoms with van der Waals surface area (Å²) in [4.78, 5) is 10.9. The van der Waals surface area contributed by atoms with Gasteiger partial charge >= 0.3 is 4.87 Å². The van der Waals surface area contributed by atoms with Crippen molar-refractivity contribution in [2.24, 2.45) is 0 Å². The first kappa shape index (κ1) is 8.61. The van der Waals surface area contributed by atoms with Crippen molar-refractivity contribution in [1.29, 1.82) is 0 Å². The molecular formula is C11H8N2OS. The van der Waals surface area contributed by atoms with Crippen LogP contribution in [0, 0.1) is 0 Å². The maximum atomic E-state index is 11.0. The first-order chi connectivity index (χ1) is 7.33. The molecule has 0 amide bonds. The number of hydrogen-bond donors (Lipinski definition) is 1. The van der Waals surface area contributed by atoms with E-state index >= 15 is 0 Å². The highest BCUT2D eigenvalue weighted by Gasteiger charge is 2.15. The second-order valence-corrected chi connectivity index (χ2v) is 4.43. The molecule has 1 aromatic carbocycles. The minimum atomic E-state index is -0.0955. The fourth-order valence-corrected chi connectivity index (χ4v) is 2.40. The maximum absolute atomic E-state index is 11.0. The van der Waals surface area contributed by atoms with Crippen molar-refractivity contribution in [2.75, 3.05) is 0 Å². The number of nitrogens with zero attached hydrogens (tertiary/aromatic N) is 1. The van der Waals surface area contributed by atoms with E-state index in [1.54, 1.807) is 0 Å². The lowest BCUT2D eigenvalue weighted by atomic mass is 10.1. The van der Waals surface area contributed by atoms with Gasteiger partial charge in [0, 0.05) is 6.42 Å². The highest BCUT2D eigenvalue weighted by Crippen LogP contribution is 2.30. The molecule has 3 nitrogen and oxygen atoms in total. The average molecular weight is 216 g/mol. The number of aromatic nitrogens is 2. The first-order valence-corrected chi connectivity index (χ1v) is 5.49. The summed E-state index contributed by atoms with van der Waals surface area (Å²) in [7, 11) is 0. The Kier molecular flexibility index (Phi) is 1.82. The fourth-order valence-electron chi connectivity index (χ4n) is 1.78. The molecule has 1 aromatic heterocycles. The van der Waals surface area contributed by atoms with E-state index in [-0.39, 0.29) is 4.87 Å². The van der Waals surface area contributed by atoms with E-state index in [4.69, 9.17) is 0 Å². The molecule has 2 aromatic rings. The molecule has 1 heterocycles. The Balaban J connectivity index is 2.04. The number of aromatic amines is 1. The van der Waals surface area contributed by atoms with Crippen LogP contribution in [-0.4, -0.2) is 10.2 Å². The summed E-state index contributed by atoms with van der Waals surface area (Å²) < 4.78 is 0. The molecule has 0 saturated carbocycles. The van der Waals surface area contributed by atoms with Crippen molar-refractivity contribution in [3.8, 4) is 0 Å². The number of benzene rings is 1. The molecule has 1 aliphatic rings. The smallest absolute Gasteiger partial charge is 0.255 e. The zero-order valence-corrected chi connectivity index (χ0v) is 8.67. The predicted octanol–water partition coefficient (Wildman–Crippen LogP) is 1.93. The SMILES string of the molecule is O=c1[nH]nc(C2=Cc3ccccc3C2)s1. The lowest BCUT2D eigenvalue weighted by molar-refractivity contribution is 1.04. The predicted molar refractivity (Wildman–Crippen MR) is 60.8 cm³/mol. The molecule has 0 radical (unpaired) electrons. The Morgan fingerprint density at radius 2 is 2.20 bits per heavy atom. The monoisotopic (exact) mass is 216 g/mol. The number of allylic oxidation sites excluding steroid dienone is 1. The van der Waals surface area contributed by atoms with Crippen molar-refractivity contribution in [1.82, 2.24) is 10.2 Å². The molecule has 0 aliphatic heterocycles. The van der Waals surface area contributed by atoms with Crippen LogP contribution in [0.15, 0.2) is 29.1 Å². The highest BCUT2D eigenvalue weighted by molar-refractivity contribution is 7.10. The van der Waals surface area contributed by atoms with Gasteiger partial charge in [-0.3, -0.25) is 4.79 Å². The molecule has 0 atom stereocenters. The molecule has 15 heavy (non-hydrogen) atoms. The van der Waals surface area contributed by atoms with Gasteiger partial charge in [0.2, 0.25) is 0 Å². The van der Waals surface area contributed by atoms with Gasteiger partial charge in [-0.2, -0.15) is 5.10 Å². The van der Waals surface area contributed by atoms with E-state index in [0.717, 1.165) is 17.0 Å². The lowest BCUT2D eigenvalue weighted by Gasteiger charge is -1.95. The van der Waals surface area contributed by atoms with Crippen LogP contribution >= 0.6 is 11.3 Å². The van der Waals surface area contributed by atoms with Gasteiger partial charge < -0.3 is 0 Å². The zero-order valence-electron chi connectivity index (χ0n) is 7.86. The Bertz CT molecular complexity index is 594. The minimum Gasteiger partial charge on any atom is -0.255 e. The molecule has 0 bridgehead atoms. The van der Waals surface area contributed by atoms with Gasteiger partial charge in [0.15, 0.2) is 0 Å². The second-order valence-electron chi connectivity index (χ2n) is 3.46. The number of H-pyrrole nitrogens is 1. The molecule has 0 spiro atoms. The van der Waals surface area contributed by atoms with Gasteiger partial charge in [0.25, 0.3) is 0 Å². The molecule has 0 saturated heterocycles. The van der Waals surface area contributed by atoms with E-state index in [2.05, 4.69) is 28.4 Å². The Morgan fingerprint density at radius 3 is 2.93 bits per heavy atom. The number of rotatable bonds is 1. The Hall–Kier alpha value is -1.68. The Labute approximate surface area is 90.1 Å². The van der Waals surface area contributed by atoms with Gasteiger partial charge in [0.1, 0.15) is 5.01 Å². The van der Waals surface area contributed by atoms with E-state index in [1.807, 2.05) is 12.1 Å². The van der Waals surface area contributed by atoms with E-state index in [1.165, 1.54) is 22.5 Å². The first-order valence-electron chi connectivity index (χ1n) is 4.67. The van der Waals surface area contributed by atoms with Crippen molar-refractivity contribution >= 4 is 23.0 Å². The van der Waals surface area contributed by atoms with Crippen LogP contribution in [0.4, 0.5) is 0 Å². The molecule has 1 N–H and O–H groups in total. The topological polar surface area (TPSA) is 45.8 Å². The van der Waals surface area contributed by atoms with Crippen molar-refractivity contribution in [3.05, 3.63) is 50.1 Å². The number of hydrogen-bond acceptors (Lipinski definition) is 3. The highest BCUT2D eigenvalue weighted by atomic mass is 32.1. The second kappa shape index (κ2) is 3.17.